The summed E-state index contributed by atoms with van der Waals surface area (Å²) in [5.74, 6) is 0.227. The highest BCUT2D eigenvalue weighted by Gasteiger charge is 2.14. The molecule has 0 aromatic heterocycles. The molecule has 1 aromatic carbocycles. The molecule has 96 valence electrons. The molecule has 0 amide bonds. The molecule has 0 aliphatic heterocycles. The summed E-state index contributed by atoms with van der Waals surface area (Å²) in [7, 11) is -3.27. The van der Waals surface area contributed by atoms with Crippen molar-refractivity contribution in [1.82, 2.24) is 0 Å². The third-order valence-electron chi connectivity index (χ3n) is 2.36. The minimum Gasteiger partial charge on any atom is -0.326 e. The van der Waals surface area contributed by atoms with Crippen molar-refractivity contribution >= 4 is 15.7 Å². The predicted molar refractivity (Wildman–Crippen MR) is 71.3 cm³/mol. The number of hydrogen-bond acceptors (Lipinski definition) is 3. The van der Waals surface area contributed by atoms with Crippen molar-refractivity contribution in [3.63, 3.8) is 0 Å². The maximum atomic E-state index is 11.8. The topological polar surface area (TPSA) is 72.2 Å². The highest BCUT2D eigenvalue weighted by molar-refractivity contribution is 7.92. The van der Waals surface area contributed by atoms with Gasteiger partial charge in [-0.3, -0.25) is 4.72 Å². The van der Waals surface area contributed by atoms with Gasteiger partial charge in [-0.1, -0.05) is 26.0 Å². The van der Waals surface area contributed by atoms with Gasteiger partial charge in [-0.2, -0.15) is 0 Å². The summed E-state index contributed by atoms with van der Waals surface area (Å²) in [5.41, 5.74) is 7.97. The van der Waals surface area contributed by atoms with Crippen molar-refractivity contribution in [1.29, 1.82) is 0 Å². The molecule has 0 aliphatic carbocycles. The molecule has 1 aromatic rings. The van der Waals surface area contributed by atoms with Gasteiger partial charge in [0.05, 0.1) is 11.4 Å². The lowest BCUT2D eigenvalue weighted by molar-refractivity contribution is 0.587. The van der Waals surface area contributed by atoms with Crippen molar-refractivity contribution in [2.75, 3.05) is 10.5 Å². The number of anilines is 1. The van der Waals surface area contributed by atoms with Crippen LogP contribution in [0.1, 0.15) is 25.0 Å². The van der Waals surface area contributed by atoms with Gasteiger partial charge in [0.2, 0.25) is 10.0 Å². The van der Waals surface area contributed by atoms with E-state index in [1.165, 1.54) is 0 Å². The van der Waals surface area contributed by atoms with Crippen LogP contribution < -0.4 is 10.5 Å². The summed E-state index contributed by atoms with van der Waals surface area (Å²) in [4.78, 5) is 0. The summed E-state index contributed by atoms with van der Waals surface area (Å²) in [6.07, 6.45) is 0. The number of rotatable bonds is 5. The number of aryl methyl sites for hydroxylation is 1. The highest BCUT2D eigenvalue weighted by atomic mass is 32.2. The molecule has 1 rings (SSSR count). The van der Waals surface area contributed by atoms with Crippen LogP contribution in [0.5, 0.6) is 0 Å². The zero-order chi connectivity index (χ0) is 13.1. The number of nitrogens with one attached hydrogen (secondary N) is 1. The third kappa shape index (κ3) is 4.36. The van der Waals surface area contributed by atoms with Gasteiger partial charge in [-0.05, 0) is 30.0 Å². The van der Waals surface area contributed by atoms with Gasteiger partial charge in [0.15, 0.2) is 0 Å². The lowest BCUT2D eigenvalue weighted by Gasteiger charge is -2.13. The van der Waals surface area contributed by atoms with Crippen LogP contribution in [-0.4, -0.2) is 14.2 Å². The molecule has 0 spiro atoms. The van der Waals surface area contributed by atoms with E-state index >= 15 is 0 Å². The van der Waals surface area contributed by atoms with Crippen LogP contribution in [0.15, 0.2) is 18.2 Å². The predicted octanol–water partition coefficient (Wildman–Crippen LogP) is 1.85. The lowest BCUT2D eigenvalue weighted by atomic mass is 10.1. The van der Waals surface area contributed by atoms with Crippen LogP contribution in [0.4, 0.5) is 5.69 Å². The van der Waals surface area contributed by atoms with E-state index in [0.29, 0.717) is 12.2 Å². The minimum absolute atomic E-state index is 0.102. The minimum atomic E-state index is -3.27. The van der Waals surface area contributed by atoms with Gasteiger partial charge >= 0.3 is 0 Å². The zero-order valence-electron chi connectivity index (χ0n) is 10.5. The Morgan fingerprint density at radius 1 is 1.35 bits per heavy atom. The first-order valence-electron chi connectivity index (χ1n) is 5.64. The SMILES string of the molecule is Cc1ccc(CN)cc1NS(=O)(=O)CC(C)C. The van der Waals surface area contributed by atoms with E-state index in [0.717, 1.165) is 11.1 Å². The van der Waals surface area contributed by atoms with E-state index in [4.69, 9.17) is 5.73 Å². The van der Waals surface area contributed by atoms with Gasteiger partial charge in [0.25, 0.3) is 0 Å². The second kappa shape index (κ2) is 5.51. The second-order valence-electron chi connectivity index (χ2n) is 4.63. The first-order chi connectivity index (χ1) is 7.84. The molecule has 4 nitrogen and oxygen atoms in total. The summed E-state index contributed by atoms with van der Waals surface area (Å²) in [6, 6.07) is 5.55. The van der Waals surface area contributed by atoms with E-state index in [-0.39, 0.29) is 11.7 Å². The summed E-state index contributed by atoms with van der Waals surface area (Å²) in [6.45, 7) is 6.03. The van der Waals surface area contributed by atoms with Gasteiger partial charge in [-0.25, -0.2) is 8.42 Å². The monoisotopic (exact) mass is 256 g/mol. The van der Waals surface area contributed by atoms with E-state index in [2.05, 4.69) is 4.72 Å². The standard InChI is InChI=1S/C12H20N2O2S/c1-9(2)8-17(15,16)14-12-6-11(7-13)5-4-10(12)3/h4-6,9,14H,7-8,13H2,1-3H3. The fourth-order valence-electron chi connectivity index (χ4n) is 1.55. The zero-order valence-corrected chi connectivity index (χ0v) is 11.3. The number of sulfonamides is 1. The number of hydrogen-bond donors (Lipinski definition) is 2. The Hall–Kier alpha value is -1.07. The first-order valence-corrected chi connectivity index (χ1v) is 7.29. The average Bonchev–Trinajstić information content (AvgIpc) is 2.19. The van der Waals surface area contributed by atoms with Crippen LogP contribution in [0.3, 0.4) is 0 Å². The molecule has 0 fully saturated rings. The van der Waals surface area contributed by atoms with Crippen molar-refractivity contribution in [3.8, 4) is 0 Å². The fraction of sp³-hybridized carbons (Fsp3) is 0.500. The molecule has 0 aliphatic rings. The van der Waals surface area contributed by atoms with Crippen LogP contribution in [-0.2, 0) is 16.6 Å². The van der Waals surface area contributed by atoms with Gasteiger partial charge < -0.3 is 5.73 Å². The molecule has 0 heterocycles. The Balaban J connectivity index is 2.94. The molecule has 17 heavy (non-hydrogen) atoms. The molecule has 5 heteroatoms. The molecule has 0 saturated heterocycles. The van der Waals surface area contributed by atoms with E-state index in [9.17, 15) is 8.42 Å². The summed E-state index contributed by atoms with van der Waals surface area (Å²) >= 11 is 0. The molecule has 0 radical (unpaired) electrons. The fourth-order valence-corrected chi connectivity index (χ4v) is 3.07. The molecule has 0 atom stereocenters. The maximum Gasteiger partial charge on any atom is 0.232 e. The Bertz CT molecular complexity index is 481. The maximum absolute atomic E-state index is 11.8. The Morgan fingerprint density at radius 3 is 2.53 bits per heavy atom. The number of nitrogens with two attached hydrogens (primary N) is 1. The van der Waals surface area contributed by atoms with Crippen molar-refractivity contribution in [3.05, 3.63) is 29.3 Å². The summed E-state index contributed by atoms with van der Waals surface area (Å²) < 4.78 is 26.2. The van der Waals surface area contributed by atoms with Crippen LogP contribution in [0, 0.1) is 12.8 Å². The summed E-state index contributed by atoms with van der Waals surface area (Å²) in [5, 5.41) is 0. The van der Waals surface area contributed by atoms with Gasteiger partial charge in [0.1, 0.15) is 0 Å². The highest BCUT2D eigenvalue weighted by Crippen LogP contribution is 2.18. The van der Waals surface area contributed by atoms with E-state index < -0.39 is 10.0 Å². The van der Waals surface area contributed by atoms with Crippen molar-refractivity contribution in [2.45, 2.75) is 27.3 Å². The van der Waals surface area contributed by atoms with Crippen LogP contribution >= 0.6 is 0 Å². The van der Waals surface area contributed by atoms with Gasteiger partial charge in [-0.15, -0.1) is 0 Å². The van der Waals surface area contributed by atoms with E-state index in [1.807, 2.05) is 32.9 Å². The van der Waals surface area contributed by atoms with Crippen molar-refractivity contribution in [2.24, 2.45) is 11.7 Å². The first kappa shape index (κ1) is 14.0. The normalized spacial score (nSPS) is 11.8. The molecule has 0 unspecified atom stereocenters. The van der Waals surface area contributed by atoms with Crippen molar-refractivity contribution < 1.29 is 8.42 Å². The molecular weight excluding hydrogens is 236 g/mol. The lowest BCUT2D eigenvalue weighted by Crippen LogP contribution is -2.20. The largest absolute Gasteiger partial charge is 0.326 e. The van der Waals surface area contributed by atoms with Crippen LogP contribution in [0.25, 0.3) is 0 Å². The molecule has 0 saturated carbocycles. The van der Waals surface area contributed by atoms with Crippen LogP contribution in [0.2, 0.25) is 0 Å². The molecular formula is C12H20N2O2S. The van der Waals surface area contributed by atoms with Gasteiger partial charge in [0, 0.05) is 6.54 Å². The quantitative estimate of drug-likeness (QED) is 0.844. The molecule has 0 bridgehead atoms. The Morgan fingerprint density at radius 2 is 2.00 bits per heavy atom. The smallest absolute Gasteiger partial charge is 0.232 e. The molecule has 3 N–H and O–H groups in total. The second-order valence-corrected chi connectivity index (χ2v) is 6.40. The average molecular weight is 256 g/mol. The number of benzene rings is 1. The van der Waals surface area contributed by atoms with E-state index in [1.54, 1.807) is 6.07 Å². The Labute approximate surface area is 103 Å². The Kier molecular flexibility index (Phi) is 4.54. The third-order valence-corrected chi connectivity index (χ3v) is 3.99.